The Morgan fingerprint density at radius 1 is 1.11 bits per heavy atom. The minimum Gasteiger partial charge on any atom is -0.488 e. The van der Waals surface area contributed by atoms with E-state index in [4.69, 9.17) is 55.9 Å². The first-order chi connectivity index (χ1) is 21.2. The average Bonchev–Trinajstić information content (AvgIpc) is 3.61. The van der Waals surface area contributed by atoms with Crippen molar-refractivity contribution in [2.24, 2.45) is 0 Å². The number of benzene rings is 2. The highest BCUT2D eigenvalue weighted by Gasteiger charge is 2.42. The number of ether oxygens (including phenoxy) is 2. The zero-order valence-electron chi connectivity index (χ0n) is 24.1. The fourth-order valence-electron chi connectivity index (χ4n) is 5.88. The highest BCUT2D eigenvalue weighted by Crippen LogP contribution is 2.42. The number of carbonyl (C=O) groups is 1. The monoisotopic (exact) mass is 695 g/mol. The molecule has 0 spiro atoms. The summed E-state index contributed by atoms with van der Waals surface area (Å²) in [5.74, 6) is 0.430. The number of thiazole rings is 1. The molecule has 1 saturated heterocycles. The largest absolute Gasteiger partial charge is 0.488 e. The highest BCUT2D eigenvalue weighted by molar-refractivity contribution is 7.12. The predicted octanol–water partition coefficient (Wildman–Crippen LogP) is 7.87. The van der Waals surface area contributed by atoms with Crippen molar-refractivity contribution in [2.75, 3.05) is 13.2 Å². The maximum absolute atomic E-state index is 14.3. The first kappa shape index (κ1) is 32.1. The number of nitrogens with one attached hydrogen (secondary N) is 1. The van der Waals surface area contributed by atoms with Crippen LogP contribution in [-0.2, 0) is 22.7 Å². The average molecular weight is 698 g/mol. The number of aliphatic hydroxyl groups is 1. The zero-order chi connectivity index (χ0) is 31.0. The summed E-state index contributed by atoms with van der Waals surface area (Å²) in [6.45, 7) is 2.95. The van der Waals surface area contributed by atoms with E-state index in [9.17, 15) is 9.90 Å². The van der Waals surface area contributed by atoms with Crippen molar-refractivity contribution in [3.63, 3.8) is 0 Å². The van der Waals surface area contributed by atoms with Gasteiger partial charge in [-0.15, -0.1) is 11.3 Å². The summed E-state index contributed by atoms with van der Waals surface area (Å²) in [4.78, 5) is 21.9. The lowest BCUT2D eigenvalue weighted by molar-refractivity contribution is -0.128. The Morgan fingerprint density at radius 3 is 2.61 bits per heavy atom. The van der Waals surface area contributed by atoms with Crippen molar-refractivity contribution in [3.8, 4) is 5.75 Å². The van der Waals surface area contributed by atoms with E-state index in [-0.39, 0.29) is 24.6 Å². The van der Waals surface area contributed by atoms with Crippen LogP contribution >= 0.6 is 57.7 Å². The summed E-state index contributed by atoms with van der Waals surface area (Å²) >= 11 is 27.0. The van der Waals surface area contributed by atoms with Gasteiger partial charge in [0.05, 0.1) is 44.3 Å². The summed E-state index contributed by atoms with van der Waals surface area (Å²) < 4.78 is 11.6. The van der Waals surface area contributed by atoms with E-state index in [0.29, 0.717) is 57.2 Å². The van der Waals surface area contributed by atoms with Gasteiger partial charge in [0.25, 0.3) is 5.91 Å². The van der Waals surface area contributed by atoms with E-state index >= 15 is 0 Å². The lowest BCUT2D eigenvalue weighted by Crippen LogP contribution is -2.44. The molecule has 12 heteroatoms. The lowest BCUT2D eigenvalue weighted by Gasteiger charge is -2.31. The van der Waals surface area contributed by atoms with Crippen molar-refractivity contribution in [1.29, 1.82) is 0 Å². The number of halogens is 4. The molecular formula is C32H33Cl4N3O4S. The summed E-state index contributed by atoms with van der Waals surface area (Å²) in [5.41, 5.74) is 3.41. The Morgan fingerprint density at radius 2 is 1.89 bits per heavy atom. The van der Waals surface area contributed by atoms with Crippen LogP contribution in [0.1, 0.15) is 66.1 Å². The molecule has 3 atom stereocenters. The van der Waals surface area contributed by atoms with Gasteiger partial charge >= 0.3 is 0 Å². The molecule has 2 aromatic carbocycles. The number of rotatable bonds is 12. The summed E-state index contributed by atoms with van der Waals surface area (Å²) in [5, 5.41) is 15.9. The molecule has 1 aromatic heterocycles. The molecule has 234 valence electrons. The quantitative estimate of drug-likeness (QED) is 0.188. The van der Waals surface area contributed by atoms with Gasteiger partial charge in [0.1, 0.15) is 11.6 Å². The molecule has 3 aliphatic rings. The number of carbonyl (C=O) groups excluding carboxylic acids is 1. The first-order valence-corrected chi connectivity index (χ1v) is 17.1. The third-order valence-electron chi connectivity index (χ3n) is 8.27. The predicted molar refractivity (Wildman–Crippen MR) is 176 cm³/mol. The van der Waals surface area contributed by atoms with Crippen LogP contribution in [0.2, 0.25) is 20.1 Å². The summed E-state index contributed by atoms with van der Waals surface area (Å²) in [6.07, 6.45) is 5.94. The van der Waals surface area contributed by atoms with Gasteiger partial charge < -0.3 is 24.8 Å². The van der Waals surface area contributed by atoms with Gasteiger partial charge in [0.15, 0.2) is 5.75 Å². The van der Waals surface area contributed by atoms with E-state index in [1.165, 1.54) is 0 Å². The molecule has 1 aliphatic carbocycles. The van der Waals surface area contributed by atoms with Crippen LogP contribution in [0, 0.1) is 0 Å². The van der Waals surface area contributed by atoms with Crippen LogP contribution < -0.4 is 10.1 Å². The standard InChI is InChI=1S/C32H33Cl4N3O4S/c1-17(40)19-11-24(34)31(25(35)12-19)43-10-9-42-16-28-37-14-27(44-28)22-13-20-5-8-26(38-20)29(22)32(41)39(21-6-7-21)15-18-3-2-4-23(33)30(18)36/h2-4,11-12,14,17,20-21,26,38,40H,5-10,13,15-16H2,1H3/t17-,20+,26-/m1/s1. The molecule has 44 heavy (non-hydrogen) atoms. The SMILES string of the molecule is C[C@@H](O)c1cc(Cl)c(OCCOCc2ncc(C3=C(C(=O)N(Cc4cccc(Cl)c4Cl)C4CC4)[C@H]4CC[C@@H](C3)N4)s2)c(Cl)c1. The van der Waals surface area contributed by atoms with Crippen molar-refractivity contribution in [1.82, 2.24) is 15.2 Å². The van der Waals surface area contributed by atoms with Gasteiger partial charge in [-0.3, -0.25) is 4.79 Å². The van der Waals surface area contributed by atoms with Crippen LogP contribution in [0.25, 0.3) is 5.57 Å². The first-order valence-electron chi connectivity index (χ1n) is 14.7. The molecule has 2 fully saturated rings. The molecule has 0 radical (unpaired) electrons. The number of hydrogen-bond acceptors (Lipinski definition) is 7. The van der Waals surface area contributed by atoms with E-state index in [2.05, 4.69) is 10.3 Å². The number of hydrogen-bond donors (Lipinski definition) is 2. The van der Waals surface area contributed by atoms with E-state index < -0.39 is 6.10 Å². The topological polar surface area (TPSA) is 83.9 Å². The molecule has 2 aliphatic heterocycles. The fourth-order valence-corrected chi connectivity index (χ4v) is 7.80. The van der Waals surface area contributed by atoms with Crippen molar-refractivity contribution in [2.45, 2.75) is 76.4 Å². The maximum atomic E-state index is 14.3. The molecular weight excluding hydrogens is 664 g/mol. The number of aromatic nitrogens is 1. The Kier molecular flexibility index (Phi) is 10.1. The fraction of sp³-hybridized carbons (Fsp3) is 0.438. The number of fused-ring (bicyclic) bond motifs is 2. The third kappa shape index (κ3) is 7.08. The molecule has 7 nitrogen and oxygen atoms in total. The second-order valence-corrected chi connectivity index (χ2v) is 14.2. The van der Waals surface area contributed by atoms with Crippen molar-refractivity contribution in [3.05, 3.63) is 83.2 Å². The number of amides is 1. The van der Waals surface area contributed by atoms with E-state index in [1.54, 1.807) is 36.5 Å². The Labute approximate surface area is 281 Å². The van der Waals surface area contributed by atoms with Gasteiger partial charge in [0, 0.05) is 36.4 Å². The van der Waals surface area contributed by atoms with Gasteiger partial charge in [-0.25, -0.2) is 4.98 Å². The van der Waals surface area contributed by atoms with Gasteiger partial charge in [0.2, 0.25) is 0 Å². The van der Waals surface area contributed by atoms with Crippen LogP contribution in [0.3, 0.4) is 0 Å². The molecule has 1 amide bonds. The Bertz CT molecular complexity index is 1550. The maximum Gasteiger partial charge on any atom is 0.252 e. The highest BCUT2D eigenvalue weighted by atomic mass is 35.5. The molecule has 2 bridgehead atoms. The van der Waals surface area contributed by atoms with E-state index in [0.717, 1.165) is 58.7 Å². The molecule has 6 rings (SSSR count). The van der Waals surface area contributed by atoms with Crippen LogP contribution in [-0.4, -0.2) is 52.2 Å². The van der Waals surface area contributed by atoms with Gasteiger partial charge in [-0.2, -0.15) is 0 Å². The zero-order valence-corrected chi connectivity index (χ0v) is 28.0. The number of nitrogens with zero attached hydrogens (tertiary/aromatic N) is 2. The summed E-state index contributed by atoms with van der Waals surface area (Å²) in [6, 6.07) is 9.45. The van der Waals surface area contributed by atoms with Gasteiger partial charge in [-0.05, 0) is 73.9 Å². The van der Waals surface area contributed by atoms with Crippen molar-refractivity contribution >= 4 is 69.2 Å². The van der Waals surface area contributed by atoms with Gasteiger partial charge in [-0.1, -0.05) is 58.5 Å². The minimum atomic E-state index is -0.680. The Balaban J connectivity index is 1.13. The molecule has 0 unspecified atom stereocenters. The smallest absolute Gasteiger partial charge is 0.252 e. The van der Waals surface area contributed by atoms with Crippen LogP contribution in [0.4, 0.5) is 0 Å². The molecule has 2 N–H and O–H groups in total. The van der Waals surface area contributed by atoms with Crippen LogP contribution in [0.5, 0.6) is 5.75 Å². The molecule has 3 heterocycles. The molecule has 1 saturated carbocycles. The normalized spacial score (nSPS) is 20.2. The second-order valence-electron chi connectivity index (χ2n) is 11.5. The van der Waals surface area contributed by atoms with E-state index in [1.807, 2.05) is 23.2 Å². The lowest BCUT2D eigenvalue weighted by atomic mass is 9.93. The molecule has 3 aromatic rings. The second kappa shape index (κ2) is 13.9. The van der Waals surface area contributed by atoms with Crippen molar-refractivity contribution < 1.29 is 19.4 Å². The number of aliphatic hydroxyl groups excluding tert-OH is 1. The minimum absolute atomic E-state index is 0.0274. The third-order valence-corrected chi connectivity index (χ3v) is 10.7. The Hall–Kier alpha value is -1.88. The summed E-state index contributed by atoms with van der Waals surface area (Å²) in [7, 11) is 0. The van der Waals surface area contributed by atoms with Crippen LogP contribution in [0.15, 0.2) is 42.1 Å².